The van der Waals surface area contributed by atoms with Gasteiger partial charge in [-0.1, -0.05) is 0 Å². The quantitative estimate of drug-likeness (QED) is 0.453. The van der Waals surface area contributed by atoms with Crippen molar-refractivity contribution in [2.75, 3.05) is 0 Å². The summed E-state index contributed by atoms with van der Waals surface area (Å²) >= 11 is 0. The van der Waals surface area contributed by atoms with Gasteiger partial charge in [-0.05, 0) is 0 Å². The van der Waals surface area contributed by atoms with Crippen LogP contribution in [0.1, 0.15) is 0 Å². The van der Waals surface area contributed by atoms with Crippen molar-refractivity contribution in [3.8, 4) is 0 Å². The molecule has 104 valence electrons. The van der Waals surface area contributed by atoms with Gasteiger partial charge in [-0.2, -0.15) is 43.9 Å². The van der Waals surface area contributed by atoms with E-state index in [0.29, 0.717) is 0 Å². The standard InChI is InChI=1S/C4H2F10NOP/c5-1(6,7)3(11,12)15(17-16)4(13,14)2(8,9)10/h17H2. The van der Waals surface area contributed by atoms with Gasteiger partial charge in [0.05, 0.1) is 0 Å². The lowest BCUT2D eigenvalue weighted by molar-refractivity contribution is -0.405. The number of hydrogen-bond acceptors (Lipinski definition) is 1. The van der Waals surface area contributed by atoms with Gasteiger partial charge >= 0.3 is 24.4 Å². The maximum atomic E-state index is 12.3. The number of nitrogens with zero attached hydrogens (tertiary/aromatic N) is 1. The van der Waals surface area contributed by atoms with E-state index in [1.54, 1.807) is 0 Å². The summed E-state index contributed by atoms with van der Waals surface area (Å²) in [6.07, 6.45) is -13.4. The molecule has 0 fully saturated rings. The van der Waals surface area contributed by atoms with Crippen molar-refractivity contribution in [3.05, 3.63) is 0 Å². The third-order valence-corrected chi connectivity index (χ3v) is 2.25. The van der Waals surface area contributed by atoms with Crippen molar-refractivity contribution in [1.82, 2.24) is 4.67 Å². The molecule has 1 unspecified atom stereocenters. The Labute approximate surface area is 87.4 Å². The highest BCUT2D eigenvalue weighted by Crippen LogP contribution is 2.51. The van der Waals surface area contributed by atoms with Crippen LogP contribution in [-0.2, 0) is 4.57 Å². The summed E-state index contributed by atoms with van der Waals surface area (Å²) in [5.74, 6) is 0. The van der Waals surface area contributed by atoms with Crippen LogP contribution >= 0.6 is 8.61 Å². The maximum absolute atomic E-state index is 12.3. The Morgan fingerprint density at radius 2 is 0.882 bits per heavy atom. The fraction of sp³-hybridized carbons (Fsp3) is 1.00. The van der Waals surface area contributed by atoms with Gasteiger partial charge in [0.25, 0.3) is 0 Å². The molecule has 0 aromatic carbocycles. The molecule has 2 nitrogen and oxygen atoms in total. The average molecular weight is 301 g/mol. The Balaban J connectivity index is 5.60. The summed E-state index contributed by atoms with van der Waals surface area (Å²) in [5.41, 5.74) is 0. The normalized spacial score (nSPS) is 16.2. The van der Waals surface area contributed by atoms with Crippen molar-refractivity contribution < 1.29 is 48.5 Å². The molecule has 0 aromatic rings. The molecule has 0 amide bonds. The van der Waals surface area contributed by atoms with Crippen LogP contribution in [0.3, 0.4) is 0 Å². The second-order valence-corrected chi connectivity index (χ2v) is 3.28. The average Bonchev–Trinajstić information content (AvgIpc) is 1.99. The first-order chi connectivity index (χ1) is 7.19. The maximum Gasteiger partial charge on any atom is 0.469 e. The zero-order valence-electron chi connectivity index (χ0n) is 7.21. The number of halogens is 10. The van der Waals surface area contributed by atoms with Gasteiger partial charge in [-0.25, -0.2) is 0 Å². The predicted octanol–water partition coefficient (Wildman–Crippen LogP) is 3.27. The van der Waals surface area contributed by atoms with Crippen molar-refractivity contribution in [1.29, 1.82) is 0 Å². The first-order valence-corrected chi connectivity index (χ1v) is 4.32. The molecule has 0 saturated carbocycles. The van der Waals surface area contributed by atoms with E-state index in [1.165, 1.54) is 0 Å². The molecule has 0 aliphatic rings. The molecule has 0 rings (SSSR count). The highest BCUT2D eigenvalue weighted by atomic mass is 31.1. The molecule has 0 radical (unpaired) electrons. The summed E-state index contributed by atoms with van der Waals surface area (Å²) in [4.78, 5) is 0. The van der Waals surface area contributed by atoms with Gasteiger partial charge in [0.1, 0.15) is 8.61 Å². The first kappa shape index (κ1) is 16.5. The molecule has 0 aliphatic heterocycles. The van der Waals surface area contributed by atoms with E-state index in [4.69, 9.17) is 0 Å². The molecular formula is C4H2F10NOP. The molecule has 0 bridgehead atoms. The van der Waals surface area contributed by atoms with E-state index in [0.717, 1.165) is 0 Å². The zero-order chi connectivity index (χ0) is 14.3. The molecule has 13 heteroatoms. The van der Waals surface area contributed by atoms with E-state index < -0.39 is 37.7 Å². The first-order valence-electron chi connectivity index (χ1n) is 3.33. The van der Waals surface area contributed by atoms with Gasteiger partial charge in [0.15, 0.2) is 0 Å². The monoisotopic (exact) mass is 301 g/mol. The summed E-state index contributed by atoms with van der Waals surface area (Å²) in [6, 6.07) is -13.1. The van der Waals surface area contributed by atoms with Crippen LogP contribution in [0.5, 0.6) is 0 Å². The van der Waals surface area contributed by atoms with Crippen LogP contribution in [0.4, 0.5) is 43.9 Å². The Hall–Kier alpha value is -0.510. The Morgan fingerprint density at radius 3 is 1.00 bits per heavy atom. The summed E-state index contributed by atoms with van der Waals surface area (Å²) in [5, 5.41) is 0. The van der Waals surface area contributed by atoms with Gasteiger partial charge in [0, 0.05) is 0 Å². The number of hydrogen-bond donors (Lipinski definition) is 0. The largest absolute Gasteiger partial charge is 0.469 e. The fourth-order valence-electron chi connectivity index (χ4n) is 0.582. The lowest BCUT2D eigenvalue weighted by atomic mass is 10.4. The van der Waals surface area contributed by atoms with Crippen LogP contribution in [-0.4, -0.2) is 29.1 Å². The molecule has 1 atom stereocenters. The molecular weight excluding hydrogens is 299 g/mol. The van der Waals surface area contributed by atoms with E-state index in [2.05, 4.69) is 0 Å². The summed E-state index contributed by atoms with van der Waals surface area (Å²) in [6.45, 7) is 0. The Morgan fingerprint density at radius 1 is 0.647 bits per heavy atom. The lowest BCUT2D eigenvalue weighted by Gasteiger charge is -2.34. The second kappa shape index (κ2) is 4.30. The predicted molar refractivity (Wildman–Crippen MR) is 34.2 cm³/mol. The van der Waals surface area contributed by atoms with Crippen molar-refractivity contribution in [2.24, 2.45) is 0 Å². The van der Waals surface area contributed by atoms with Crippen LogP contribution in [0.2, 0.25) is 0 Å². The third kappa shape index (κ3) is 2.84. The smallest absolute Gasteiger partial charge is 0.313 e. The minimum atomic E-state index is -6.72. The van der Waals surface area contributed by atoms with Crippen LogP contribution in [0, 0.1) is 0 Å². The molecule has 0 heterocycles. The van der Waals surface area contributed by atoms with Crippen LogP contribution < -0.4 is 0 Å². The highest BCUT2D eigenvalue weighted by molar-refractivity contribution is 7.20. The van der Waals surface area contributed by atoms with Gasteiger partial charge in [0.2, 0.25) is 0 Å². The summed E-state index contributed by atoms with van der Waals surface area (Å²) < 4.78 is 126. The molecule has 0 saturated heterocycles. The molecule has 0 aliphatic carbocycles. The fourth-order valence-corrected chi connectivity index (χ4v) is 1.14. The van der Waals surface area contributed by atoms with Gasteiger partial charge < -0.3 is 4.57 Å². The van der Waals surface area contributed by atoms with Gasteiger partial charge in [-0.3, -0.25) is 0 Å². The van der Waals surface area contributed by atoms with E-state index in [-0.39, 0.29) is 0 Å². The lowest BCUT2D eigenvalue weighted by Crippen LogP contribution is -2.60. The van der Waals surface area contributed by atoms with Crippen LogP contribution in [0.25, 0.3) is 0 Å². The van der Waals surface area contributed by atoms with Gasteiger partial charge in [-0.15, -0.1) is 4.67 Å². The topological polar surface area (TPSA) is 20.3 Å². The Bertz CT molecular complexity index is 268. The minimum Gasteiger partial charge on any atom is -0.313 e. The van der Waals surface area contributed by atoms with Crippen molar-refractivity contribution in [3.63, 3.8) is 0 Å². The van der Waals surface area contributed by atoms with E-state index >= 15 is 0 Å². The minimum absolute atomic E-state index is 2.72. The molecule has 0 aromatic heterocycles. The third-order valence-electron chi connectivity index (χ3n) is 1.39. The van der Waals surface area contributed by atoms with E-state index in [1.807, 2.05) is 0 Å². The SMILES string of the molecule is O=[PH2]N(C(F)(F)C(F)(F)F)C(F)(F)C(F)(F)F. The second-order valence-electron chi connectivity index (χ2n) is 2.55. The van der Waals surface area contributed by atoms with Crippen LogP contribution in [0.15, 0.2) is 0 Å². The highest BCUT2D eigenvalue weighted by Gasteiger charge is 2.74. The van der Waals surface area contributed by atoms with E-state index in [9.17, 15) is 48.5 Å². The van der Waals surface area contributed by atoms with Crippen molar-refractivity contribution in [2.45, 2.75) is 24.4 Å². The molecule has 0 spiro atoms. The number of rotatable bonds is 3. The Kier molecular flexibility index (Phi) is 4.17. The molecule has 0 N–H and O–H groups in total. The van der Waals surface area contributed by atoms with Crippen molar-refractivity contribution >= 4 is 8.61 Å². The zero-order valence-corrected chi connectivity index (χ0v) is 8.37. The molecule has 17 heavy (non-hydrogen) atoms. The number of alkyl halides is 10. The summed E-state index contributed by atoms with van der Waals surface area (Å²) in [7, 11) is -3.88.